The summed E-state index contributed by atoms with van der Waals surface area (Å²) < 4.78 is 1.64. The van der Waals surface area contributed by atoms with Crippen molar-refractivity contribution in [3.8, 4) is 5.69 Å². The summed E-state index contributed by atoms with van der Waals surface area (Å²) >= 11 is 1.59. The molecule has 0 spiro atoms. The van der Waals surface area contributed by atoms with E-state index >= 15 is 0 Å². The lowest BCUT2D eigenvalue weighted by Crippen LogP contribution is -2.15. The van der Waals surface area contributed by atoms with Crippen molar-refractivity contribution in [3.63, 3.8) is 0 Å². The number of pyridine rings is 1. The molecular formula is C10H9NOS. The molecule has 2 heterocycles. The smallest absolute Gasteiger partial charge is 0.255 e. The molecule has 0 fully saturated rings. The topological polar surface area (TPSA) is 22.0 Å². The van der Waals surface area contributed by atoms with Crippen molar-refractivity contribution in [1.29, 1.82) is 0 Å². The molecule has 2 aromatic rings. The monoisotopic (exact) mass is 191 g/mol. The van der Waals surface area contributed by atoms with Crippen LogP contribution in [0.3, 0.4) is 0 Å². The highest BCUT2D eigenvalue weighted by molar-refractivity contribution is 7.08. The van der Waals surface area contributed by atoms with Gasteiger partial charge in [-0.15, -0.1) is 0 Å². The zero-order chi connectivity index (χ0) is 9.26. The lowest BCUT2D eigenvalue weighted by Gasteiger charge is -2.01. The van der Waals surface area contributed by atoms with Gasteiger partial charge in [-0.05, 0) is 30.0 Å². The molecule has 0 atom stereocenters. The van der Waals surface area contributed by atoms with Crippen LogP contribution in [0.25, 0.3) is 5.69 Å². The third-order valence-corrected chi connectivity index (χ3v) is 2.53. The first-order valence-electron chi connectivity index (χ1n) is 3.99. The number of nitrogens with zero attached hydrogens (tertiary/aromatic N) is 1. The summed E-state index contributed by atoms with van der Waals surface area (Å²) in [7, 11) is 0. The fourth-order valence-corrected chi connectivity index (χ4v) is 1.81. The SMILES string of the molecule is Cc1ccn(-c2ccsc2)c(=O)c1. The van der Waals surface area contributed by atoms with E-state index in [0.29, 0.717) is 0 Å². The molecule has 0 aliphatic carbocycles. The van der Waals surface area contributed by atoms with E-state index < -0.39 is 0 Å². The van der Waals surface area contributed by atoms with Gasteiger partial charge in [0.1, 0.15) is 0 Å². The Labute approximate surface area is 80.1 Å². The Hall–Kier alpha value is -1.35. The molecule has 0 bridgehead atoms. The van der Waals surface area contributed by atoms with E-state index in [1.807, 2.05) is 29.8 Å². The molecule has 0 N–H and O–H groups in total. The second-order valence-electron chi connectivity index (χ2n) is 2.89. The van der Waals surface area contributed by atoms with Gasteiger partial charge in [-0.25, -0.2) is 0 Å². The minimum atomic E-state index is 0.0263. The molecule has 0 amide bonds. The van der Waals surface area contributed by atoms with Gasteiger partial charge >= 0.3 is 0 Å². The number of aromatic nitrogens is 1. The first-order valence-corrected chi connectivity index (χ1v) is 4.93. The van der Waals surface area contributed by atoms with Gasteiger partial charge in [0, 0.05) is 17.6 Å². The molecule has 0 unspecified atom stereocenters. The lowest BCUT2D eigenvalue weighted by atomic mass is 10.3. The van der Waals surface area contributed by atoms with Crippen LogP contribution < -0.4 is 5.56 Å². The molecule has 2 aromatic heterocycles. The quantitative estimate of drug-likeness (QED) is 0.677. The molecule has 2 nitrogen and oxygen atoms in total. The van der Waals surface area contributed by atoms with Crippen molar-refractivity contribution in [2.75, 3.05) is 0 Å². The van der Waals surface area contributed by atoms with Gasteiger partial charge in [-0.2, -0.15) is 11.3 Å². The number of rotatable bonds is 1. The Morgan fingerprint density at radius 2 is 2.23 bits per heavy atom. The first-order chi connectivity index (χ1) is 6.27. The van der Waals surface area contributed by atoms with E-state index in [4.69, 9.17) is 0 Å². The molecule has 0 radical (unpaired) electrons. The molecule has 0 aliphatic heterocycles. The highest BCUT2D eigenvalue weighted by Gasteiger charge is 1.98. The maximum absolute atomic E-state index is 11.5. The van der Waals surface area contributed by atoms with Crippen LogP contribution >= 0.6 is 11.3 Å². The van der Waals surface area contributed by atoms with Crippen molar-refractivity contribution in [2.45, 2.75) is 6.92 Å². The Bertz CT molecular complexity index is 456. The van der Waals surface area contributed by atoms with Crippen molar-refractivity contribution < 1.29 is 0 Å². The fraction of sp³-hybridized carbons (Fsp3) is 0.100. The van der Waals surface area contributed by atoms with Gasteiger partial charge in [0.2, 0.25) is 0 Å². The van der Waals surface area contributed by atoms with Gasteiger partial charge in [-0.1, -0.05) is 0 Å². The van der Waals surface area contributed by atoms with E-state index in [1.165, 1.54) is 0 Å². The van der Waals surface area contributed by atoms with Gasteiger partial charge in [0.05, 0.1) is 5.69 Å². The largest absolute Gasteiger partial charge is 0.283 e. The van der Waals surface area contributed by atoms with Crippen LogP contribution in [0.4, 0.5) is 0 Å². The lowest BCUT2D eigenvalue weighted by molar-refractivity contribution is 0.988. The number of hydrogen-bond acceptors (Lipinski definition) is 2. The maximum atomic E-state index is 11.5. The normalized spacial score (nSPS) is 10.2. The summed E-state index contributed by atoms with van der Waals surface area (Å²) in [5, 5.41) is 3.92. The van der Waals surface area contributed by atoms with Gasteiger partial charge < -0.3 is 0 Å². The summed E-state index contributed by atoms with van der Waals surface area (Å²) in [4.78, 5) is 11.5. The predicted octanol–water partition coefficient (Wildman–Crippen LogP) is 2.21. The van der Waals surface area contributed by atoms with Crippen LogP contribution in [0.15, 0.2) is 40.0 Å². The van der Waals surface area contributed by atoms with Crippen LogP contribution in [-0.4, -0.2) is 4.57 Å². The number of aryl methyl sites for hydroxylation is 1. The zero-order valence-corrected chi connectivity index (χ0v) is 8.04. The molecule has 0 aromatic carbocycles. The fourth-order valence-electron chi connectivity index (χ4n) is 1.19. The van der Waals surface area contributed by atoms with Crippen LogP contribution in [-0.2, 0) is 0 Å². The minimum absolute atomic E-state index is 0.0263. The highest BCUT2D eigenvalue weighted by atomic mass is 32.1. The third-order valence-electron chi connectivity index (χ3n) is 1.86. The zero-order valence-electron chi connectivity index (χ0n) is 7.23. The van der Waals surface area contributed by atoms with E-state index in [0.717, 1.165) is 11.3 Å². The van der Waals surface area contributed by atoms with Crippen molar-refractivity contribution in [1.82, 2.24) is 4.57 Å². The summed E-state index contributed by atoms with van der Waals surface area (Å²) in [5.74, 6) is 0. The van der Waals surface area contributed by atoms with Crippen LogP contribution in [0, 0.1) is 6.92 Å². The van der Waals surface area contributed by atoms with Gasteiger partial charge in [-0.3, -0.25) is 9.36 Å². The molecule has 0 saturated heterocycles. The van der Waals surface area contributed by atoms with Crippen LogP contribution in [0.1, 0.15) is 5.56 Å². The van der Waals surface area contributed by atoms with Crippen molar-refractivity contribution in [3.05, 3.63) is 51.1 Å². The Balaban J connectivity index is 2.60. The van der Waals surface area contributed by atoms with E-state index in [9.17, 15) is 4.79 Å². The average Bonchev–Trinajstić information content (AvgIpc) is 2.56. The average molecular weight is 191 g/mol. The molecule has 13 heavy (non-hydrogen) atoms. The minimum Gasteiger partial charge on any atom is -0.283 e. The maximum Gasteiger partial charge on any atom is 0.255 e. The van der Waals surface area contributed by atoms with E-state index in [-0.39, 0.29) is 5.56 Å². The molecule has 3 heteroatoms. The van der Waals surface area contributed by atoms with Gasteiger partial charge in [0.15, 0.2) is 0 Å². The van der Waals surface area contributed by atoms with Gasteiger partial charge in [0.25, 0.3) is 5.56 Å². The third kappa shape index (κ3) is 1.55. The second kappa shape index (κ2) is 3.18. The molecule has 0 aliphatic rings. The van der Waals surface area contributed by atoms with E-state index in [2.05, 4.69) is 0 Å². The van der Waals surface area contributed by atoms with Crippen LogP contribution in [0.2, 0.25) is 0 Å². The number of thiophene rings is 1. The number of hydrogen-bond donors (Lipinski definition) is 0. The highest BCUT2D eigenvalue weighted by Crippen LogP contribution is 2.09. The molecule has 2 rings (SSSR count). The standard InChI is InChI=1S/C10H9NOS/c1-8-2-4-11(10(12)6-8)9-3-5-13-7-9/h2-7H,1H3. The van der Waals surface area contributed by atoms with Crippen LogP contribution in [0.5, 0.6) is 0 Å². The Morgan fingerprint density at radius 3 is 2.85 bits per heavy atom. The molecular weight excluding hydrogens is 182 g/mol. The van der Waals surface area contributed by atoms with Crippen molar-refractivity contribution >= 4 is 11.3 Å². The van der Waals surface area contributed by atoms with E-state index in [1.54, 1.807) is 28.2 Å². The Morgan fingerprint density at radius 1 is 1.38 bits per heavy atom. The van der Waals surface area contributed by atoms with Crippen molar-refractivity contribution in [2.24, 2.45) is 0 Å². The second-order valence-corrected chi connectivity index (χ2v) is 3.67. The first kappa shape index (κ1) is 8.26. The predicted molar refractivity (Wildman–Crippen MR) is 54.7 cm³/mol. The Kier molecular flexibility index (Phi) is 2.02. The molecule has 66 valence electrons. The summed E-state index contributed by atoms with van der Waals surface area (Å²) in [6.45, 7) is 1.92. The summed E-state index contributed by atoms with van der Waals surface area (Å²) in [6, 6.07) is 5.50. The summed E-state index contributed by atoms with van der Waals surface area (Å²) in [6.07, 6.45) is 1.81. The summed E-state index contributed by atoms with van der Waals surface area (Å²) in [5.41, 5.74) is 1.96. The molecule has 0 saturated carbocycles.